The molecular formula is C10H19NO4. The van der Waals surface area contributed by atoms with Crippen LogP contribution in [-0.4, -0.2) is 48.7 Å². The van der Waals surface area contributed by atoms with Gasteiger partial charge < -0.3 is 14.7 Å². The number of hydrogen-bond donors (Lipinski definition) is 1. The van der Waals surface area contributed by atoms with Gasteiger partial charge in [-0.15, -0.1) is 0 Å². The zero-order chi connectivity index (χ0) is 11.7. The van der Waals surface area contributed by atoms with Crippen molar-refractivity contribution in [3.05, 3.63) is 0 Å². The molecule has 0 saturated carbocycles. The second-order valence-electron chi connectivity index (χ2n) is 3.40. The Morgan fingerprint density at radius 3 is 2.53 bits per heavy atom. The summed E-state index contributed by atoms with van der Waals surface area (Å²) in [5, 5.41) is 8.44. The van der Waals surface area contributed by atoms with E-state index in [2.05, 4.69) is 6.92 Å². The predicted octanol–water partition coefficient (Wildman–Crippen LogP) is 0.736. The molecule has 15 heavy (non-hydrogen) atoms. The molecule has 88 valence electrons. The second kappa shape index (κ2) is 8.23. The summed E-state index contributed by atoms with van der Waals surface area (Å²) >= 11 is 0. The lowest BCUT2D eigenvalue weighted by molar-refractivity contribution is -0.145. The smallest absolute Gasteiger partial charge is 0.323 e. The van der Waals surface area contributed by atoms with Crippen LogP contribution >= 0.6 is 0 Å². The van der Waals surface area contributed by atoms with Crippen molar-refractivity contribution in [1.82, 2.24) is 4.90 Å². The fourth-order valence-electron chi connectivity index (χ4n) is 1.01. The van der Waals surface area contributed by atoms with E-state index in [0.29, 0.717) is 6.61 Å². The summed E-state index contributed by atoms with van der Waals surface area (Å²) in [6.07, 6.45) is 3.13. The molecule has 0 radical (unpaired) electrons. The van der Waals surface area contributed by atoms with Gasteiger partial charge in [-0.25, -0.2) is 0 Å². The molecule has 1 N–H and O–H groups in total. The molecule has 0 spiro atoms. The van der Waals surface area contributed by atoms with Gasteiger partial charge in [-0.1, -0.05) is 19.8 Å². The summed E-state index contributed by atoms with van der Waals surface area (Å²) < 4.78 is 5.12. The molecule has 0 aliphatic rings. The number of carbonyl (C=O) groups is 2. The first kappa shape index (κ1) is 13.9. The molecule has 0 aromatic heterocycles. The number of rotatable bonds is 8. The quantitative estimate of drug-likeness (QED) is 0.609. The van der Waals surface area contributed by atoms with Gasteiger partial charge in [-0.3, -0.25) is 9.59 Å². The molecule has 1 amide bonds. The van der Waals surface area contributed by atoms with Crippen molar-refractivity contribution in [3.63, 3.8) is 0 Å². The predicted molar refractivity (Wildman–Crippen MR) is 55.6 cm³/mol. The van der Waals surface area contributed by atoms with Crippen molar-refractivity contribution in [2.45, 2.75) is 26.2 Å². The highest BCUT2D eigenvalue weighted by Crippen LogP contribution is 1.94. The van der Waals surface area contributed by atoms with E-state index < -0.39 is 5.97 Å². The second-order valence-corrected chi connectivity index (χ2v) is 3.40. The van der Waals surface area contributed by atoms with Gasteiger partial charge in [0.1, 0.15) is 13.2 Å². The van der Waals surface area contributed by atoms with Crippen molar-refractivity contribution < 1.29 is 19.4 Å². The number of carboxylic acids is 1. The number of amides is 1. The molecule has 0 unspecified atom stereocenters. The zero-order valence-corrected chi connectivity index (χ0v) is 9.36. The van der Waals surface area contributed by atoms with E-state index in [9.17, 15) is 9.59 Å². The van der Waals surface area contributed by atoms with Crippen molar-refractivity contribution in [2.24, 2.45) is 0 Å². The highest BCUT2D eigenvalue weighted by molar-refractivity contribution is 5.81. The van der Waals surface area contributed by atoms with Gasteiger partial charge in [-0.05, 0) is 6.42 Å². The van der Waals surface area contributed by atoms with E-state index in [0.717, 1.165) is 24.2 Å². The number of likely N-dealkylation sites (N-methyl/N-ethyl adjacent to an activating group) is 1. The number of carboxylic acid groups (broad SMARTS) is 1. The van der Waals surface area contributed by atoms with Crippen molar-refractivity contribution in [2.75, 3.05) is 26.8 Å². The molecule has 0 fully saturated rings. The molecule has 0 atom stereocenters. The van der Waals surface area contributed by atoms with Crippen LogP contribution in [0.4, 0.5) is 0 Å². The normalized spacial score (nSPS) is 10.0. The fourth-order valence-corrected chi connectivity index (χ4v) is 1.01. The Bertz CT molecular complexity index is 206. The lowest BCUT2D eigenvalue weighted by Crippen LogP contribution is -2.34. The third-order valence-corrected chi connectivity index (χ3v) is 1.92. The van der Waals surface area contributed by atoms with E-state index >= 15 is 0 Å². The van der Waals surface area contributed by atoms with Crippen LogP contribution in [0.2, 0.25) is 0 Å². The Balaban J connectivity index is 3.51. The van der Waals surface area contributed by atoms with E-state index in [1.54, 1.807) is 0 Å². The number of unbranched alkanes of at least 4 members (excludes halogenated alkanes) is 2. The van der Waals surface area contributed by atoms with E-state index in [1.165, 1.54) is 7.05 Å². The Morgan fingerprint density at radius 2 is 2.00 bits per heavy atom. The maximum atomic E-state index is 11.2. The van der Waals surface area contributed by atoms with Crippen molar-refractivity contribution in [3.8, 4) is 0 Å². The van der Waals surface area contributed by atoms with Crippen LogP contribution in [0.3, 0.4) is 0 Å². The van der Waals surface area contributed by atoms with Gasteiger partial charge in [0.15, 0.2) is 0 Å². The van der Waals surface area contributed by atoms with Crippen LogP contribution in [0.15, 0.2) is 0 Å². The molecule has 0 rings (SSSR count). The van der Waals surface area contributed by atoms with Crippen molar-refractivity contribution in [1.29, 1.82) is 0 Å². The van der Waals surface area contributed by atoms with Crippen LogP contribution < -0.4 is 0 Å². The monoisotopic (exact) mass is 217 g/mol. The number of carbonyl (C=O) groups excluding carboxylic acids is 1. The van der Waals surface area contributed by atoms with Crippen LogP contribution in [0.25, 0.3) is 0 Å². The summed E-state index contributed by atoms with van der Waals surface area (Å²) in [7, 11) is 1.45. The standard InChI is InChI=1S/C10H19NO4/c1-3-4-5-6-15-8-9(12)11(2)7-10(13)14/h3-8H2,1-2H3,(H,13,14). The van der Waals surface area contributed by atoms with Crippen LogP contribution in [0.1, 0.15) is 26.2 Å². The van der Waals surface area contributed by atoms with Gasteiger partial charge in [0.25, 0.3) is 0 Å². The highest BCUT2D eigenvalue weighted by atomic mass is 16.5. The first-order chi connectivity index (χ1) is 7.07. The molecule has 0 aromatic rings. The Hall–Kier alpha value is -1.10. The van der Waals surface area contributed by atoms with Gasteiger partial charge in [0.2, 0.25) is 5.91 Å². The third-order valence-electron chi connectivity index (χ3n) is 1.92. The molecule has 5 heteroatoms. The van der Waals surface area contributed by atoms with Crippen LogP contribution in [-0.2, 0) is 14.3 Å². The number of ether oxygens (including phenoxy) is 1. The van der Waals surface area contributed by atoms with Gasteiger partial charge in [-0.2, -0.15) is 0 Å². The lowest BCUT2D eigenvalue weighted by Gasteiger charge is -2.14. The molecule has 0 heterocycles. The summed E-state index contributed by atoms with van der Waals surface area (Å²) in [6.45, 7) is 2.33. The summed E-state index contributed by atoms with van der Waals surface area (Å²) in [5.41, 5.74) is 0. The highest BCUT2D eigenvalue weighted by Gasteiger charge is 2.11. The SMILES string of the molecule is CCCCCOCC(=O)N(C)CC(=O)O. The van der Waals surface area contributed by atoms with Gasteiger partial charge >= 0.3 is 5.97 Å². The lowest BCUT2D eigenvalue weighted by atomic mass is 10.3. The van der Waals surface area contributed by atoms with Gasteiger partial charge in [0, 0.05) is 13.7 Å². The van der Waals surface area contributed by atoms with E-state index in [4.69, 9.17) is 9.84 Å². The number of nitrogens with zero attached hydrogens (tertiary/aromatic N) is 1. The Labute approximate surface area is 90.0 Å². The first-order valence-corrected chi connectivity index (χ1v) is 5.11. The summed E-state index contributed by atoms with van der Waals surface area (Å²) in [6, 6.07) is 0. The summed E-state index contributed by atoms with van der Waals surface area (Å²) in [4.78, 5) is 22.7. The Kier molecular flexibility index (Phi) is 7.62. The molecule has 5 nitrogen and oxygen atoms in total. The van der Waals surface area contributed by atoms with Crippen LogP contribution in [0.5, 0.6) is 0 Å². The largest absolute Gasteiger partial charge is 0.480 e. The van der Waals surface area contributed by atoms with E-state index in [-0.39, 0.29) is 19.1 Å². The topological polar surface area (TPSA) is 66.8 Å². The molecule has 0 aromatic carbocycles. The van der Waals surface area contributed by atoms with Crippen LogP contribution in [0, 0.1) is 0 Å². The van der Waals surface area contributed by atoms with E-state index in [1.807, 2.05) is 0 Å². The number of aliphatic carboxylic acids is 1. The fraction of sp³-hybridized carbons (Fsp3) is 0.800. The van der Waals surface area contributed by atoms with Crippen molar-refractivity contribution >= 4 is 11.9 Å². The minimum absolute atomic E-state index is 0.0342. The maximum absolute atomic E-state index is 11.2. The molecule has 0 bridgehead atoms. The third kappa shape index (κ3) is 7.93. The minimum atomic E-state index is -1.02. The molecule has 0 saturated heterocycles. The Morgan fingerprint density at radius 1 is 1.33 bits per heavy atom. The zero-order valence-electron chi connectivity index (χ0n) is 9.36. The summed E-state index contributed by atoms with van der Waals surface area (Å²) in [5.74, 6) is -1.31. The molecular weight excluding hydrogens is 198 g/mol. The molecule has 0 aliphatic carbocycles. The number of hydrogen-bond acceptors (Lipinski definition) is 3. The average molecular weight is 217 g/mol. The van der Waals surface area contributed by atoms with Gasteiger partial charge in [0.05, 0.1) is 0 Å². The average Bonchev–Trinajstić information content (AvgIpc) is 2.16. The molecule has 0 aliphatic heterocycles. The first-order valence-electron chi connectivity index (χ1n) is 5.11. The minimum Gasteiger partial charge on any atom is -0.480 e. The maximum Gasteiger partial charge on any atom is 0.323 e.